The number of ether oxygens (including phenoxy) is 2. The van der Waals surface area contributed by atoms with Gasteiger partial charge in [0, 0.05) is 45.3 Å². The number of likely N-dealkylation sites (N-methyl/N-ethyl adjacent to an activating group) is 1. The van der Waals surface area contributed by atoms with E-state index >= 15 is 0 Å². The number of hydrogen-bond acceptors (Lipinski definition) is 6. The van der Waals surface area contributed by atoms with E-state index in [1.165, 1.54) is 25.7 Å². The number of nitrogens with zero attached hydrogens (tertiary/aromatic N) is 3. The van der Waals surface area contributed by atoms with Crippen molar-refractivity contribution in [1.82, 2.24) is 14.7 Å². The first-order valence-electron chi connectivity index (χ1n) is 11.7. The van der Waals surface area contributed by atoms with Crippen molar-refractivity contribution in [2.24, 2.45) is 5.92 Å². The lowest BCUT2D eigenvalue weighted by molar-refractivity contribution is -0.161. The van der Waals surface area contributed by atoms with Gasteiger partial charge in [-0.25, -0.2) is 0 Å². The quantitative estimate of drug-likeness (QED) is 0.746. The van der Waals surface area contributed by atoms with Gasteiger partial charge in [-0.1, -0.05) is 12.8 Å². The van der Waals surface area contributed by atoms with Gasteiger partial charge in [0.1, 0.15) is 0 Å². The van der Waals surface area contributed by atoms with Gasteiger partial charge in [-0.2, -0.15) is 0 Å². The van der Waals surface area contributed by atoms with Crippen LogP contribution < -0.4 is 0 Å². The van der Waals surface area contributed by atoms with E-state index in [0.717, 1.165) is 51.5 Å². The summed E-state index contributed by atoms with van der Waals surface area (Å²) in [5.41, 5.74) is 0. The van der Waals surface area contributed by atoms with Gasteiger partial charge in [-0.15, -0.1) is 0 Å². The van der Waals surface area contributed by atoms with Gasteiger partial charge in [0.05, 0.1) is 37.9 Å². The monoisotopic (exact) mass is 409 g/mol. The van der Waals surface area contributed by atoms with Crippen LogP contribution in [0, 0.1) is 5.92 Å². The Bertz CT molecular complexity index is 534. The molecule has 0 aromatic rings. The van der Waals surface area contributed by atoms with Crippen LogP contribution in [0.15, 0.2) is 0 Å². The molecule has 7 nitrogen and oxygen atoms in total. The number of amides is 1. The van der Waals surface area contributed by atoms with Crippen molar-refractivity contribution >= 4 is 5.91 Å². The number of β-amino-alcohol motifs (C(OH)–C–C–N with tert-alkyl or cyclic N) is 1. The normalized spacial score (nSPS) is 35.9. The maximum absolute atomic E-state index is 12.7. The van der Waals surface area contributed by atoms with E-state index in [1.807, 2.05) is 4.90 Å². The fourth-order valence-corrected chi connectivity index (χ4v) is 5.56. The predicted octanol–water partition coefficient (Wildman–Crippen LogP) is 0.950. The summed E-state index contributed by atoms with van der Waals surface area (Å²) in [5, 5.41) is 10.3. The van der Waals surface area contributed by atoms with Crippen LogP contribution in [0.1, 0.15) is 44.9 Å². The van der Waals surface area contributed by atoms with Crippen molar-refractivity contribution in [3.63, 3.8) is 0 Å². The molecule has 1 saturated carbocycles. The first-order valence-corrected chi connectivity index (χ1v) is 11.7. The molecule has 3 saturated heterocycles. The molecule has 4 fully saturated rings. The molecule has 29 heavy (non-hydrogen) atoms. The second-order valence-electron chi connectivity index (χ2n) is 9.63. The molecule has 0 radical (unpaired) electrons. The highest BCUT2D eigenvalue weighted by Crippen LogP contribution is 2.31. The van der Waals surface area contributed by atoms with E-state index in [9.17, 15) is 9.90 Å². The van der Waals surface area contributed by atoms with Crippen LogP contribution in [0.2, 0.25) is 0 Å². The zero-order chi connectivity index (χ0) is 20.2. The van der Waals surface area contributed by atoms with Gasteiger partial charge < -0.3 is 24.4 Å². The van der Waals surface area contributed by atoms with E-state index < -0.39 is 6.10 Å². The summed E-state index contributed by atoms with van der Waals surface area (Å²) in [7, 11) is 2.11. The number of aliphatic hydroxyl groups excluding tert-OH is 1. The fraction of sp³-hybridized carbons (Fsp3) is 0.955. The topological polar surface area (TPSA) is 65.5 Å². The summed E-state index contributed by atoms with van der Waals surface area (Å²) in [6, 6.07) is 0.292. The Kier molecular flexibility index (Phi) is 7.45. The molecular weight excluding hydrogens is 370 g/mol. The third kappa shape index (κ3) is 5.70. The average molecular weight is 410 g/mol. The molecule has 0 aromatic heterocycles. The number of carbonyl (C=O) groups is 1. The SMILES string of the molecule is CN1CCN(C(=O)C[C@H]2CC[C@@H]3[C@H](COC[C@H](O)CN3CC3CCCC3)O2)CC1. The Labute approximate surface area is 175 Å². The highest BCUT2D eigenvalue weighted by atomic mass is 16.5. The van der Waals surface area contributed by atoms with Gasteiger partial charge in [0.15, 0.2) is 0 Å². The largest absolute Gasteiger partial charge is 0.389 e. The Morgan fingerprint density at radius 1 is 1.03 bits per heavy atom. The van der Waals surface area contributed by atoms with E-state index in [-0.39, 0.29) is 18.1 Å². The lowest BCUT2D eigenvalue weighted by Crippen LogP contribution is -2.57. The number of aliphatic hydroxyl groups is 1. The van der Waals surface area contributed by atoms with Crippen molar-refractivity contribution in [2.75, 3.05) is 59.5 Å². The third-order valence-corrected chi connectivity index (χ3v) is 7.31. The molecule has 1 aliphatic carbocycles. The highest BCUT2D eigenvalue weighted by Gasteiger charge is 2.39. The molecule has 7 heteroatoms. The molecule has 3 aliphatic heterocycles. The third-order valence-electron chi connectivity index (χ3n) is 7.31. The summed E-state index contributed by atoms with van der Waals surface area (Å²) in [4.78, 5) is 19.5. The zero-order valence-corrected chi connectivity index (χ0v) is 18.0. The Morgan fingerprint density at radius 2 is 1.79 bits per heavy atom. The molecule has 1 amide bonds. The van der Waals surface area contributed by atoms with Crippen LogP contribution in [-0.2, 0) is 14.3 Å². The fourth-order valence-electron chi connectivity index (χ4n) is 5.56. The van der Waals surface area contributed by atoms with E-state index in [2.05, 4.69) is 16.8 Å². The predicted molar refractivity (Wildman–Crippen MR) is 111 cm³/mol. The molecular formula is C22H39N3O4. The lowest BCUT2D eigenvalue weighted by atomic mass is 9.93. The minimum atomic E-state index is -0.422. The highest BCUT2D eigenvalue weighted by molar-refractivity contribution is 5.76. The van der Waals surface area contributed by atoms with Gasteiger partial charge >= 0.3 is 0 Å². The number of rotatable bonds is 4. The van der Waals surface area contributed by atoms with Gasteiger partial charge in [-0.05, 0) is 38.6 Å². The van der Waals surface area contributed by atoms with Crippen LogP contribution >= 0.6 is 0 Å². The van der Waals surface area contributed by atoms with E-state index in [4.69, 9.17) is 9.47 Å². The maximum atomic E-state index is 12.7. The molecule has 1 N–H and O–H groups in total. The second-order valence-corrected chi connectivity index (χ2v) is 9.63. The van der Waals surface area contributed by atoms with Gasteiger partial charge in [-0.3, -0.25) is 9.69 Å². The molecule has 0 aromatic carbocycles. The Hall–Kier alpha value is -0.730. The number of carbonyl (C=O) groups excluding carboxylic acids is 1. The molecule has 0 spiro atoms. The molecule has 4 rings (SSSR count). The number of hydrogen-bond donors (Lipinski definition) is 1. The first-order chi connectivity index (χ1) is 14.1. The smallest absolute Gasteiger partial charge is 0.225 e. The van der Waals surface area contributed by atoms with Gasteiger partial charge in [0.25, 0.3) is 0 Å². The summed E-state index contributed by atoms with van der Waals surface area (Å²) < 4.78 is 12.2. The summed E-state index contributed by atoms with van der Waals surface area (Å²) in [5.74, 6) is 0.978. The molecule has 0 unspecified atom stereocenters. The van der Waals surface area contributed by atoms with E-state index in [1.54, 1.807) is 0 Å². The number of piperazine rings is 1. The zero-order valence-electron chi connectivity index (χ0n) is 18.0. The lowest BCUT2D eigenvalue weighted by Gasteiger charge is -2.45. The van der Waals surface area contributed by atoms with Crippen LogP contribution in [0.25, 0.3) is 0 Å². The molecule has 0 bridgehead atoms. The van der Waals surface area contributed by atoms with Crippen molar-refractivity contribution < 1.29 is 19.4 Å². The summed E-state index contributed by atoms with van der Waals surface area (Å²) in [6.45, 7) is 6.18. The van der Waals surface area contributed by atoms with Gasteiger partial charge in [0.2, 0.25) is 5.91 Å². The average Bonchev–Trinajstić information content (AvgIpc) is 3.20. The number of fused-ring (bicyclic) bond motifs is 1. The summed E-state index contributed by atoms with van der Waals surface area (Å²) in [6.07, 6.45) is 7.29. The molecule has 166 valence electrons. The van der Waals surface area contributed by atoms with E-state index in [0.29, 0.717) is 32.2 Å². The Morgan fingerprint density at radius 3 is 2.55 bits per heavy atom. The Balaban J connectivity index is 1.33. The standard InChI is InChI=1S/C22H39N3O4/c1-23-8-10-24(11-9-23)22(27)12-19-6-7-20-21(29-19)16-28-15-18(26)14-25(20)13-17-4-2-3-5-17/h17-21,26H,2-16H2,1H3/t18-,19-,20-,21+/m1/s1. The van der Waals surface area contributed by atoms with Crippen LogP contribution in [-0.4, -0.2) is 110 Å². The minimum Gasteiger partial charge on any atom is -0.389 e. The van der Waals surface area contributed by atoms with Crippen LogP contribution in [0.3, 0.4) is 0 Å². The molecule has 4 atom stereocenters. The van der Waals surface area contributed by atoms with Crippen LogP contribution in [0.4, 0.5) is 0 Å². The minimum absolute atomic E-state index is 0.00272. The van der Waals surface area contributed by atoms with Crippen molar-refractivity contribution in [1.29, 1.82) is 0 Å². The van der Waals surface area contributed by atoms with Crippen LogP contribution in [0.5, 0.6) is 0 Å². The second kappa shape index (κ2) is 10.1. The molecule has 3 heterocycles. The van der Waals surface area contributed by atoms with Crippen molar-refractivity contribution in [2.45, 2.75) is 69.3 Å². The first kappa shape index (κ1) is 21.5. The van der Waals surface area contributed by atoms with Crippen molar-refractivity contribution in [3.8, 4) is 0 Å². The maximum Gasteiger partial charge on any atom is 0.225 e. The van der Waals surface area contributed by atoms with Crippen molar-refractivity contribution in [3.05, 3.63) is 0 Å². The summed E-state index contributed by atoms with van der Waals surface area (Å²) >= 11 is 0. The molecule has 4 aliphatic rings.